The van der Waals surface area contributed by atoms with Gasteiger partial charge < -0.3 is 25.2 Å². The monoisotopic (exact) mass is 509 g/mol. The Morgan fingerprint density at radius 3 is 2.29 bits per heavy atom. The summed E-state index contributed by atoms with van der Waals surface area (Å²) in [5.41, 5.74) is -0.458. The van der Waals surface area contributed by atoms with Gasteiger partial charge in [-0.15, -0.1) is 24.0 Å². The van der Waals surface area contributed by atoms with Gasteiger partial charge in [-0.2, -0.15) is 0 Å². The third-order valence-corrected chi connectivity index (χ3v) is 5.09. The number of hydrogen-bond acceptors (Lipinski definition) is 4. The van der Waals surface area contributed by atoms with E-state index in [-0.39, 0.29) is 30.1 Å². The molecule has 1 aliphatic carbocycles. The Bertz CT molecular complexity index is 509. The van der Waals surface area contributed by atoms with Crippen molar-refractivity contribution in [1.82, 2.24) is 20.4 Å². The summed E-state index contributed by atoms with van der Waals surface area (Å²) in [5.74, 6) is 0.818. The van der Waals surface area contributed by atoms with Crippen LogP contribution in [0.3, 0.4) is 0 Å². The van der Waals surface area contributed by atoms with E-state index >= 15 is 0 Å². The minimum absolute atomic E-state index is 0. The molecule has 0 unspecified atom stereocenters. The number of carbonyl (C=O) groups excluding carboxylic acids is 1. The molecule has 0 bridgehead atoms. The summed E-state index contributed by atoms with van der Waals surface area (Å²) < 4.78 is 5.54. The van der Waals surface area contributed by atoms with Crippen molar-refractivity contribution in [3.63, 3.8) is 0 Å². The molecule has 1 heterocycles. The minimum Gasteiger partial charge on any atom is -0.444 e. The molecule has 164 valence electrons. The first-order valence-electron chi connectivity index (χ1n) is 10.4. The lowest BCUT2D eigenvalue weighted by molar-refractivity contribution is 0.0237. The van der Waals surface area contributed by atoms with Crippen LogP contribution in [0.2, 0.25) is 0 Å². The number of carbonyl (C=O) groups is 1. The van der Waals surface area contributed by atoms with E-state index in [1.807, 2.05) is 25.7 Å². The molecule has 0 aromatic heterocycles. The molecule has 2 aliphatic rings. The molecular weight excluding hydrogens is 469 g/mol. The van der Waals surface area contributed by atoms with Crippen LogP contribution < -0.4 is 10.6 Å². The standard InChI is InChI=1S/C20H39N5O2.HI/c1-15(2)24-12-9-16(10-13-24)23-18(21-6)22-11-14-25(17-7-8-17)19(26)27-20(3,4)5;/h15-17H,7-14H2,1-6H3,(H2,21,22,23);1H. The molecular formula is C20H40IN5O2. The van der Waals surface area contributed by atoms with Gasteiger partial charge in [0.15, 0.2) is 5.96 Å². The first kappa shape index (κ1) is 25.3. The smallest absolute Gasteiger partial charge is 0.410 e. The number of nitrogens with one attached hydrogen (secondary N) is 2. The predicted octanol–water partition coefficient (Wildman–Crippen LogP) is 3.04. The third-order valence-electron chi connectivity index (χ3n) is 5.09. The lowest BCUT2D eigenvalue weighted by atomic mass is 10.0. The van der Waals surface area contributed by atoms with Crippen LogP contribution in [-0.2, 0) is 4.74 Å². The highest BCUT2D eigenvalue weighted by Gasteiger charge is 2.34. The number of ether oxygens (including phenoxy) is 1. The summed E-state index contributed by atoms with van der Waals surface area (Å²) in [6.45, 7) is 13.8. The number of guanidine groups is 1. The number of nitrogens with zero attached hydrogens (tertiary/aromatic N) is 3. The molecule has 0 radical (unpaired) electrons. The summed E-state index contributed by atoms with van der Waals surface area (Å²) in [6, 6.07) is 1.40. The maximum Gasteiger partial charge on any atom is 0.410 e. The first-order chi connectivity index (χ1) is 12.7. The highest BCUT2D eigenvalue weighted by molar-refractivity contribution is 14.0. The molecule has 2 fully saturated rings. The molecule has 2 N–H and O–H groups in total. The second-order valence-electron chi connectivity index (χ2n) is 8.95. The van der Waals surface area contributed by atoms with Crippen molar-refractivity contribution < 1.29 is 9.53 Å². The van der Waals surface area contributed by atoms with Crippen molar-refractivity contribution in [2.24, 2.45) is 4.99 Å². The van der Waals surface area contributed by atoms with Gasteiger partial charge in [-0.05, 0) is 60.3 Å². The highest BCUT2D eigenvalue weighted by atomic mass is 127. The van der Waals surface area contributed by atoms with E-state index in [4.69, 9.17) is 4.74 Å². The number of halogens is 1. The van der Waals surface area contributed by atoms with E-state index in [0.717, 1.165) is 44.7 Å². The first-order valence-corrected chi connectivity index (χ1v) is 10.4. The SMILES string of the molecule is CN=C(NCCN(C(=O)OC(C)(C)C)C1CC1)NC1CCN(C(C)C)CC1.I. The topological polar surface area (TPSA) is 69.2 Å². The number of rotatable bonds is 6. The zero-order valence-electron chi connectivity index (χ0n) is 18.5. The molecule has 2 rings (SSSR count). The van der Waals surface area contributed by atoms with Crippen LogP contribution in [0.4, 0.5) is 4.79 Å². The van der Waals surface area contributed by atoms with E-state index in [2.05, 4.69) is 34.4 Å². The number of aliphatic imine (C=N–C) groups is 1. The van der Waals surface area contributed by atoms with Crippen LogP contribution in [0.25, 0.3) is 0 Å². The van der Waals surface area contributed by atoms with E-state index in [1.54, 1.807) is 7.05 Å². The molecule has 1 amide bonds. The molecule has 7 nitrogen and oxygen atoms in total. The fourth-order valence-corrected chi connectivity index (χ4v) is 3.37. The van der Waals surface area contributed by atoms with Crippen molar-refractivity contribution in [3.8, 4) is 0 Å². The number of hydrogen-bond donors (Lipinski definition) is 2. The molecule has 0 aromatic rings. The van der Waals surface area contributed by atoms with E-state index in [1.165, 1.54) is 0 Å². The Morgan fingerprint density at radius 1 is 1.21 bits per heavy atom. The van der Waals surface area contributed by atoms with Crippen LogP contribution in [-0.4, -0.2) is 78.8 Å². The second-order valence-corrected chi connectivity index (χ2v) is 8.95. The van der Waals surface area contributed by atoms with Crippen LogP contribution in [0, 0.1) is 0 Å². The van der Waals surface area contributed by atoms with Crippen molar-refractivity contribution in [3.05, 3.63) is 0 Å². The average Bonchev–Trinajstić information content (AvgIpc) is 3.41. The van der Waals surface area contributed by atoms with Gasteiger partial charge in [0.1, 0.15) is 5.60 Å². The Kier molecular flexibility index (Phi) is 10.3. The van der Waals surface area contributed by atoms with Crippen molar-refractivity contribution >= 4 is 36.0 Å². The van der Waals surface area contributed by atoms with Gasteiger partial charge in [-0.1, -0.05) is 0 Å². The molecule has 1 saturated heterocycles. The Labute approximate surface area is 188 Å². The zero-order chi connectivity index (χ0) is 20.0. The molecule has 1 aliphatic heterocycles. The second kappa shape index (κ2) is 11.4. The fraction of sp³-hybridized carbons (Fsp3) is 0.900. The predicted molar refractivity (Wildman–Crippen MR) is 126 cm³/mol. The summed E-state index contributed by atoms with van der Waals surface area (Å²) in [6.07, 6.45) is 4.19. The van der Waals surface area contributed by atoms with Crippen molar-refractivity contribution in [2.45, 2.75) is 84.0 Å². The maximum atomic E-state index is 12.4. The Balaban J connectivity index is 0.00000392. The van der Waals surface area contributed by atoms with Crippen LogP contribution in [0.1, 0.15) is 60.3 Å². The molecule has 28 heavy (non-hydrogen) atoms. The maximum absolute atomic E-state index is 12.4. The highest BCUT2D eigenvalue weighted by Crippen LogP contribution is 2.28. The van der Waals surface area contributed by atoms with Crippen LogP contribution >= 0.6 is 24.0 Å². The number of amides is 1. The molecule has 8 heteroatoms. The summed E-state index contributed by atoms with van der Waals surface area (Å²) in [7, 11) is 1.80. The normalized spacial score (nSPS) is 19.2. The number of piperidine rings is 1. The molecule has 0 spiro atoms. The largest absolute Gasteiger partial charge is 0.444 e. The minimum atomic E-state index is -0.458. The van der Waals surface area contributed by atoms with Gasteiger partial charge in [0.2, 0.25) is 0 Å². The molecule has 1 saturated carbocycles. The van der Waals surface area contributed by atoms with Gasteiger partial charge in [0.25, 0.3) is 0 Å². The van der Waals surface area contributed by atoms with E-state index in [9.17, 15) is 4.79 Å². The molecule has 0 atom stereocenters. The van der Waals surface area contributed by atoms with Gasteiger partial charge in [0.05, 0.1) is 0 Å². The van der Waals surface area contributed by atoms with Gasteiger partial charge in [-0.25, -0.2) is 4.79 Å². The average molecular weight is 509 g/mol. The van der Waals surface area contributed by atoms with E-state index < -0.39 is 5.60 Å². The summed E-state index contributed by atoms with van der Waals surface area (Å²) in [4.78, 5) is 21.1. The van der Waals surface area contributed by atoms with E-state index in [0.29, 0.717) is 31.2 Å². The number of likely N-dealkylation sites (tertiary alicyclic amines) is 1. The fourth-order valence-electron chi connectivity index (χ4n) is 3.37. The third kappa shape index (κ3) is 8.71. The zero-order valence-corrected chi connectivity index (χ0v) is 20.8. The van der Waals surface area contributed by atoms with Gasteiger partial charge in [0, 0.05) is 51.4 Å². The van der Waals surface area contributed by atoms with Crippen molar-refractivity contribution in [1.29, 1.82) is 0 Å². The van der Waals surface area contributed by atoms with Gasteiger partial charge in [-0.3, -0.25) is 4.99 Å². The lowest BCUT2D eigenvalue weighted by Crippen LogP contribution is -2.51. The summed E-state index contributed by atoms with van der Waals surface area (Å²) in [5, 5.41) is 6.89. The Morgan fingerprint density at radius 2 is 1.82 bits per heavy atom. The van der Waals surface area contributed by atoms with Crippen molar-refractivity contribution in [2.75, 3.05) is 33.2 Å². The van der Waals surface area contributed by atoms with Crippen LogP contribution in [0.15, 0.2) is 4.99 Å². The quantitative estimate of drug-likeness (QED) is 0.327. The summed E-state index contributed by atoms with van der Waals surface area (Å²) >= 11 is 0. The van der Waals surface area contributed by atoms with Crippen LogP contribution in [0.5, 0.6) is 0 Å². The Hall–Kier alpha value is -0.770. The lowest BCUT2D eigenvalue weighted by Gasteiger charge is -2.35. The molecule has 0 aromatic carbocycles. The van der Waals surface area contributed by atoms with Gasteiger partial charge >= 0.3 is 6.09 Å².